The fourth-order valence-corrected chi connectivity index (χ4v) is 2.36. The SMILES string of the molecule is Cc1ccc(CCC(=O)NC2COCC2(C)C(=O)O)cc1. The quantitative estimate of drug-likeness (QED) is 0.862. The second-order valence-corrected chi connectivity index (χ2v) is 5.84. The van der Waals surface area contributed by atoms with E-state index in [1.54, 1.807) is 6.92 Å². The first-order valence-electron chi connectivity index (χ1n) is 7.08. The van der Waals surface area contributed by atoms with Gasteiger partial charge < -0.3 is 15.2 Å². The van der Waals surface area contributed by atoms with Crippen LogP contribution in [0.5, 0.6) is 0 Å². The van der Waals surface area contributed by atoms with Crippen molar-refractivity contribution in [3.8, 4) is 0 Å². The van der Waals surface area contributed by atoms with Gasteiger partial charge in [-0.3, -0.25) is 9.59 Å². The molecule has 1 amide bonds. The van der Waals surface area contributed by atoms with E-state index in [9.17, 15) is 14.7 Å². The predicted molar refractivity (Wildman–Crippen MR) is 78.0 cm³/mol. The first-order valence-corrected chi connectivity index (χ1v) is 7.08. The van der Waals surface area contributed by atoms with Gasteiger partial charge in [-0.1, -0.05) is 29.8 Å². The van der Waals surface area contributed by atoms with Crippen molar-refractivity contribution in [3.63, 3.8) is 0 Å². The summed E-state index contributed by atoms with van der Waals surface area (Å²) in [5.74, 6) is -1.08. The van der Waals surface area contributed by atoms with Crippen LogP contribution in [-0.2, 0) is 20.7 Å². The number of hydrogen-bond donors (Lipinski definition) is 2. The van der Waals surface area contributed by atoms with Crippen molar-refractivity contribution in [3.05, 3.63) is 35.4 Å². The Kier molecular flexibility index (Phi) is 4.63. The van der Waals surface area contributed by atoms with Gasteiger partial charge in [-0.15, -0.1) is 0 Å². The van der Waals surface area contributed by atoms with Crippen LogP contribution in [0, 0.1) is 12.3 Å². The highest BCUT2D eigenvalue weighted by atomic mass is 16.5. The van der Waals surface area contributed by atoms with E-state index >= 15 is 0 Å². The van der Waals surface area contributed by atoms with Crippen molar-refractivity contribution in [2.45, 2.75) is 32.7 Å². The molecule has 1 aromatic carbocycles. The van der Waals surface area contributed by atoms with E-state index in [0.29, 0.717) is 12.8 Å². The van der Waals surface area contributed by atoms with E-state index in [2.05, 4.69) is 5.32 Å². The Morgan fingerprint density at radius 3 is 2.67 bits per heavy atom. The van der Waals surface area contributed by atoms with Gasteiger partial charge in [-0.2, -0.15) is 0 Å². The molecule has 2 atom stereocenters. The lowest BCUT2D eigenvalue weighted by Gasteiger charge is -2.25. The van der Waals surface area contributed by atoms with Crippen LogP contribution in [0.2, 0.25) is 0 Å². The molecule has 21 heavy (non-hydrogen) atoms. The monoisotopic (exact) mass is 291 g/mol. The van der Waals surface area contributed by atoms with Gasteiger partial charge in [0.1, 0.15) is 5.41 Å². The van der Waals surface area contributed by atoms with E-state index < -0.39 is 17.4 Å². The third-order valence-corrected chi connectivity index (χ3v) is 4.04. The zero-order chi connectivity index (χ0) is 15.5. The smallest absolute Gasteiger partial charge is 0.313 e. The molecule has 0 aromatic heterocycles. The number of carboxylic acids is 1. The molecule has 1 aliphatic rings. The Morgan fingerprint density at radius 1 is 1.38 bits per heavy atom. The summed E-state index contributed by atoms with van der Waals surface area (Å²) in [6.45, 7) is 4.00. The number of benzene rings is 1. The number of carboxylic acid groups (broad SMARTS) is 1. The lowest BCUT2D eigenvalue weighted by Crippen LogP contribution is -2.49. The van der Waals surface area contributed by atoms with Crippen LogP contribution < -0.4 is 5.32 Å². The van der Waals surface area contributed by atoms with Gasteiger partial charge in [-0.05, 0) is 25.8 Å². The summed E-state index contributed by atoms with van der Waals surface area (Å²) in [4.78, 5) is 23.3. The van der Waals surface area contributed by atoms with Crippen molar-refractivity contribution in [2.75, 3.05) is 13.2 Å². The highest BCUT2D eigenvalue weighted by Gasteiger charge is 2.47. The largest absolute Gasteiger partial charge is 0.481 e. The maximum Gasteiger partial charge on any atom is 0.313 e. The molecule has 0 spiro atoms. The summed E-state index contributed by atoms with van der Waals surface area (Å²) in [6.07, 6.45) is 0.985. The third-order valence-electron chi connectivity index (χ3n) is 4.04. The number of carbonyl (C=O) groups excluding carboxylic acids is 1. The number of ether oxygens (including phenoxy) is 1. The van der Waals surface area contributed by atoms with Crippen molar-refractivity contribution < 1.29 is 19.4 Å². The van der Waals surface area contributed by atoms with Gasteiger partial charge in [-0.25, -0.2) is 0 Å². The molecule has 0 saturated carbocycles. The molecule has 5 heteroatoms. The molecule has 0 radical (unpaired) electrons. The van der Waals surface area contributed by atoms with Gasteiger partial charge in [0.15, 0.2) is 0 Å². The first kappa shape index (κ1) is 15.5. The number of amides is 1. The van der Waals surface area contributed by atoms with Crippen LogP contribution >= 0.6 is 0 Å². The molecular weight excluding hydrogens is 270 g/mol. The van der Waals surface area contributed by atoms with Crippen LogP contribution in [0.25, 0.3) is 0 Å². The van der Waals surface area contributed by atoms with E-state index in [4.69, 9.17) is 4.74 Å². The minimum absolute atomic E-state index is 0.130. The summed E-state index contributed by atoms with van der Waals surface area (Å²) < 4.78 is 5.22. The third kappa shape index (κ3) is 3.61. The fourth-order valence-electron chi connectivity index (χ4n) is 2.36. The highest BCUT2D eigenvalue weighted by molar-refractivity contribution is 5.80. The van der Waals surface area contributed by atoms with Gasteiger partial charge in [0.2, 0.25) is 5.91 Å². The van der Waals surface area contributed by atoms with E-state index in [1.807, 2.05) is 31.2 Å². The van der Waals surface area contributed by atoms with Gasteiger partial charge in [0, 0.05) is 6.42 Å². The molecule has 2 rings (SSSR count). The summed E-state index contributed by atoms with van der Waals surface area (Å²) in [6, 6.07) is 7.56. The molecule has 2 N–H and O–H groups in total. The molecule has 1 fully saturated rings. The standard InChI is InChI=1S/C16H21NO4/c1-11-3-5-12(6-4-11)7-8-14(18)17-13-9-21-10-16(13,2)15(19)20/h3-6,13H,7-10H2,1-2H3,(H,17,18)(H,19,20). The van der Waals surface area contributed by atoms with Crippen molar-refractivity contribution in [1.29, 1.82) is 0 Å². The minimum atomic E-state index is -1.04. The number of carbonyl (C=O) groups is 2. The summed E-state index contributed by atoms with van der Waals surface area (Å²) in [5.41, 5.74) is 1.24. The van der Waals surface area contributed by atoms with Gasteiger partial charge in [0.05, 0.1) is 19.3 Å². The average Bonchev–Trinajstić information content (AvgIpc) is 2.81. The summed E-state index contributed by atoms with van der Waals surface area (Å²) in [7, 11) is 0. The van der Waals surface area contributed by atoms with Gasteiger partial charge in [0.25, 0.3) is 0 Å². The summed E-state index contributed by atoms with van der Waals surface area (Å²) >= 11 is 0. The maximum atomic E-state index is 12.0. The van der Waals surface area contributed by atoms with Crippen molar-refractivity contribution in [2.24, 2.45) is 5.41 Å². The predicted octanol–water partition coefficient (Wildman–Crippen LogP) is 1.53. The molecular formula is C16H21NO4. The number of rotatable bonds is 5. The molecule has 1 saturated heterocycles. The molecule has 1 aliphatic heterocycles. The second-order valence-electron chi connectivity index (χ2n) is 5.84. The van der Waals surface area contributed by atoms with Crippen LogP contribution in [-0.4, -0.2) is 36.2 Å². The molecule has 2 unspecified atom stereocenters. The average molecular weight is 291 g/mol. The zero-order valence-corrected chi connectivity index (χ0v) is 12.4. The molecule has 5 nitrogen and oxygen atoms in total. The topological polar surface area (TPSA) is 75.6 Å². The maximum absolute atomic E-state index is 12.0. The summed E-state index contributed by atoms with van der Waals surface area (Å²) in [5, 5.41) is 12.0. The van der Waals surface area contributed by atoms with Crippen LogP contribution in [0.3, 0.4) is 0 Å². The van der Waals surface area contributed by atoms with Crippen LogP contribution in [0.4, 0.5) is 0 Å². The number of aryl methyl sites for hydroxylation is 2. The van der Waals surface area contributed by atoms with E-state index in [1.165, 1.54) is 5.56 Å². The lowest BCUT2D eigenvalue weighted by molar-refractivity contribution is -0.149. The highest BCUT2D eigenvalue weighted by Crippen LogP contribution is 2.28. The Labute approximate surface area is 124 Å². The van der Waals surface area contributed by atoms with Crippen LogP contribution in [0.1, 0.15) is 24.5 Å². The molecule has 1 heterocycles. The Hall–Kier alpha value is -1.88. The Bertz CT molecular complexity index is 526. The van der Waals surface area contributed by atoms with Crippen molar-refractivity contribution in [1.82, 2.24) is 5.32 Å². The number of aliphatic carboxylic acids is 1. The first-order chi connectivity index (χ1) is 9.91. The Balaban J connectivity index is 1.87. The van der Waals surface area contributed by atoms with E-state index in [0.717, 1.165) is 5.56 Å². The normalized spacial score (nSPS) is 24.8. The number of hydrogen-bond acceptors (Lipinski definition) is 3. The fraction of sp³-hybridized carbons (Fsp3) is 0.500. The second kappa shape index (κ2) is 6.26. The van der Waals surface area contributed by atoms with E-state index in [-0.39, 0.29) is 19.1 Å². The number of nitrogens with one attached hydrogen (secondary N) is 1. The molecule has 0 bridgehead atoms. The lowest BCUT2D eigenvalue weighted by atomic mass is 9.85. The minimum Gasteiger partial charge on any atom is -0.481 e. The molecule has 1 aromatic rings. The molecule has 0 aliphatic carbocycles. The molecule has 114 valence electrons. The van der Waals surface area contributed by atoms with Crippen LogP contribution in [0.15, 0.2) is 24.3 Å². The Morgan fingerprint density at radius 2 is 2.05 bits per heavy atom. The van der Waals surface area contributed by atoms with Crippen molar-refractivity contribution >= 4 is 11.9 Å². The van der Waals surface area contributed by atoms with Gasteiger partial charge >= 0.3 is 5.97 Å². The zero-order valence-electron chi connectivity index (χ0n) is 12.4.